The average molecular weight is 393 g/mol. The lowest BCUT2D eigenvalue weighted by Gasteiger charge is -2.33. The largest absolute Gasteiger partial charge is 0.468 e. The van der Waals surface area contributed by atoms with Crippen molar-refractivity contribution in [3.8, 4) is 0 Å². The summed E-state index contributed by atoms with van der Waals surface area (Å²) in [6.07, 6.45) is 1.57. The maximum absolute atomic E-state index is 12.3. The highest BCUT2D eigenvalue weighted by Crippen LogP contribution is 2.21. The summed E-state index contributed by atoms with van der Waals surface area (Å²) in [7, 11) is -3.92. The molecule has 3 rings (SSSR count). The van der Waals surface area contributed by atoms with Gasteiger partial charge in [-0.1, -0.05) is 17.7 Å². The Balaban J connectivity index is 1.62. The zero-order valence-corrected chi connectivity index (χ0v) is 15.9. The number of amides is 2. The number of hydrogen-bond acceptors (Lipinski definition) is 6. The first-order valence-electron chi connectivity index (χ1n) is 8.68. The van der Waals surface area contributed by atoms with E-state index in [-0.39, 0.29) is 17.5 Å². The van der Waals surface area contributed by atoms with E-state index in [1.165, 1.54) is 12.1 Å². The fourth-order valence-electron chi connectivity index (χ4n) is 2.90. The molecule has 2 N–H and O–H groups in total. The van der Waals surface area contributed by atoms with Crippen LogP contribution in [0.3, 0.4) is 0 Å². The number of aryl methyl sites for hydroxylation is 1. The van der Waals surface area contributed by atoms with E-state index in [2.05, 4.69) is 10.2 Å². The SMILES string of the molecule is Cc1ccc(S(=O)(=O)NC(=O)NCC(c2ccco2)N2CCOCC2)cc1. The molecule has 1 unspecified atom stereocenters. The van der Waals surface area contributed by atoms with Crippen molar-refractivity contribution in [2.45, 2.75) is 17.9 Å². The van der Waals surface area contributed by atoms with Crippen LogP contribution in [0.1, 0.15) is 17.4 Å². The number of hydrogen-bond donors (Lipinski definition) is 2. The number of sulfonamides is 1. The smallest absolute Gasteiger partial charge is 0.328 e. The predicted octanol–water partition coefficient (Wildman–Crippen LogP) is 1.65. The molecule has 8 nitrogen and oxygen atoms in total. The molecule has 2 heterocycles. The van der Waals surface area contributed by atoms with E-state index in [1.807, 2.05) is 17.7 Å². The summed E-state index contributed by atoms with van der Waals surface area (Å²) in [6, 6.07) is 8.93. The minimum Gasteiger partial charge on any atom is -0.468 e. The number of ether oxygens (including phenoxy) is 1. The van der Waals surface area contributed by atoms with Crippen LogP contribution in [0.2, 0.25) is 0 Å². The van der Waals surface area contributed by atoms with Crippen molar-refractivity contribution in [2.75, 3.05) is 32.8 Å². The van der Waals surface area contributed by atoms with Gasteiger partial charge < -0.3 is 14.5 Å². The van der Waals surface area contributed by atoms with Gasteiger partial charge in [-0.15, -0.1) is 0 Å². The van der Waals surface area contributed by atoms with Gasteiger partial charge in [-0.05, 0) is 31.2 Å². The van der Waals surface area contributed by atoms with Gasteiger partial charge in [0.2, 0.25) is 0 Å². The molecule has 1 saturated heterocycles. The molecule has 1 fully saturated rings. The number of nitrogens with zero attached hydrogens (tertiary/aromatic N) is 1. The van der Waals surface area contributed by atoms with Crippen LogP contribution in [-0.4, -0.2) is 52.2 Å². The van der Waals surface area contributed by atoms with Gasteiger partial charge in [0.1, 0.15) is 5.76 Å². The van der Waals surface area contributed by atoms with Crippen molar-refractivity contribution < 1.29 is 22.4 Å². The lowest BCUT2D eigenvalue weighted by molar-refractivity contribution is 0.0123. The normalized spacial score (nSPS) is 16.6. The van der Waals surface area contributed by atoms with Gasteiger partial charge in [0.05, 0.1) is 30.4 Å². The van der Waals surface area contributed by atoms with Gasteiger partial charge in [-0.2, -0.15) is 0 Å². The summed E-state index contributed by atoms with van der Waals surface area (Å²) in [4.78, 5) is 14.4. The number of morpholine rings is 1. The molecule has 0 bridgehead atoms. The molecular weight excluding hydrogens is 370 g/mol. The highest BCUT2D eigenvalue weighted by molar-refractivity contribution is 7.90. The Morgan fingerprint density at radius 3 is 2.52 bits per heavy atom. The van der Waals surface area contributed by atoms with E-state index in [0.717, 1.165) is 5.56 Å². The second-order valence-electron chi connectivity index (χ2n) is 6.31. The van der Waals surface area contributed by atoms with Crippen molar-refractivity contribution in [3.05, 3.63) is 54.0 Å². The Bertz CT molecular complexity index is 844. The van der Waals surface area contributed by atoms with E-state index < -0.39 is 16.1 Å². The van der Waals surface area contributed by atoms with Gasteiger partial charge in [0, 0.05) is 19.6 Å². The molecular formula is C18H23N3O5S. The predicted molar refractivity (Wildman–Crippen MR) is 98.7 cm³/mol. The lowest BCUT2D eigenvalue weighted by atomic mass is 10.1. The minimum atomic E-state index is -3.92. The van der Waals surface area contributed by atoms with E-state index in [0.29, 0.717) is 32.1 Å². The van der Waals surface area contributed by atoms with Crippen LogP contribution in [0, 0.1) is 6.92 Å². The van der Waals surface area contributed by atoms with Crippen molar-refractivity contribution in [1.82, 2.24) is 14.9 Å². The van der Waals surface area contributed by atoms with Gasteiger partial charge in [0.15, 0.2) is 0 Å². The van der Waals surface area contributed by atoms with Crippen LogP contribution in [-0.2, 0) is 14.8 Å². The first-order chi connectivity index (χ1) is 13.0. The first-order valence-corrected chi connectivity index (χ1v) is 10.2. The van der Waals surface area contributed by atoms with Crippen LogP contribution >= 0.6 is 0 Å². The summed E-state index contributed by atoms with van der Waals surface area (Å²) in [5, 5.41) is 2.63. The topological polar surface area (TPSA) is 101 Å². The molecule has 1 atom stereocenters. The second-order valence-corrected chi connectivity index (χ2v) is 7.99. The van der Waals surface area contributed by atoms with Crippen molar-refractivity contribution in [3.63, 3.8) is 0 Å². The van der Waals surface area contributed by atoms with Crippen LogP contribution in [0.4, 0.5) is 4.79 Å². The van der Waals surface area contributed by atoms with E-state index in [1.54, 1.807) is 24.5 Å². The minimum absolute atomic E-state index is 0.0408. The maximum Gasteiger partial charge on any atom is 0.328 e. The maximum atomic E-state index is 12.3. The van der Waals surface area contributed by atoms with Gasteiger partial charge >= 0.3 is 6.03 Å². The number of urea groups is 1. The van der Waals surface area contributed by atoms with Gasteiger partial charge in [-0.3, -0.25) is 4.90 Å². The monoisotopic (exact) mass is 393 g/mol. The lowest BCUT2D eigenvalue weighted by Crippen LogP contribution is -2.46. The molecule has 1 aliphatic heterocycles. The molecule has 27 heavy (non-hydrogen) atoms. The number of rotatable bonds is 6. The van der Waals surface area contributed by atoms with Gasteiger partial charge in [0.25, 0.3) is 10.0 Å². The van der Waals surface area contributed by atoms with E-state index >= 15 is 0 Å². The highest BCUT2D eigenvalue weighted by Gasteiger charge is 2.26. The van der Waals surface area contributed by atoms with Crippen LogP contribution in [0.15, 0.2) is 52.0 Å². The average Bonchev–Trinajstić information content (AvgIpc) is 3.17. The van der Waals surface area contributed by atoms with Crippen molar-refractivity contribution in [1.29, 1.82) is 0 Å². The van der Waals surface area contributed by atoms with E-state index in [4.69, 9.17) is 9.15 Å². The molecule has 1 aliphatic rings. The van der Waals surface area contributed by atoms with Crippen molar-refractivity contribution >= 4 is 16.1 Å². The molecule has 2 amide bonds. The van der Waals surface area contributed by atoms with Gasteiger partial charge in [-0.25, -0.2) is 17.9 Å². The first kappa shape index (κ1) is 19.4. The third kappa shape index (κ3) is 5.09. The summed E-state index contributed by atoms with van der Waals surface area (Å²) in [6.45, 7) is 4.68. The third-order valence-electron chi connectivity index (χ3n) is 4.37. The molecule has 1 aromatic heterocycles. The summed E-state index contributed by atoms with van der Waals surface area (Å²) in [5.74, 6) is 0.707. The molecule has 0 aliphatic carbocycles. The number of furan rings is 1. The fraction of sp³-hybridized carbons (Fsp3) is 0.389. The molecule has 0 spiro atoms. The highest BCUT2D eigenvalue weighted by atomic mass is 32.2. The zero-order valence-electron chi connectivity index (χ0n) is 15.1. The fourth-order valence-corrected chi connectivity index (χ4v) is 3.83. The molecule has 2 aromatic rings. The summed E-state index contributed by atoms with van der Waals surface area (Å²) < 4.78 is 37.5. The molecule has 0 radical (unpaired) electrons. The summed E-state index contributed by atoms with van der Waals surface area (Å²) in [5.41, 5.74) is 0.935. The number of carbonyl (C=O) groups excluding carboxylic acids is 1. The Morgan fingerprint density at radius 2 is 1.89 bits per heavy atom. The Kier molecular flexibility index (Phi) is 6.15. The molecule has 1 aromatic carbocycles. The Labute approximate surface area is 158 Å². The molecule has 9 heteroatoms. The van der Waals surface area contributed by atoms with E-state index in [9.17, 15) is 13.2 Å². The number of benzene rings is 1. The zero-order chi connectivity index (χ0) is 19.3. The number of nitrogens with one attached hydrogen (secondary N) is 2. The van der Waals surface area contributed by atoms with Crippen LogP contribution < -0.4 is 10.0 Å². The van der Waals surface area contributed by atoms with Crippen LogP contribution in [0.25, 0.3) is 0 Å². The quantitative estimate of drug-likeness (QED) is 0.774. The van der Waals surface area contributed by atoms with Crippen LogP contribution in [0.5, 0.6) is 0 Å². The molecule has 146 valence electrons. The standard InChI is InChI=1S/C18H23N3O5S/c1-14-4-6-15(7-5-14)27(23,24)20-18(22)19-13-16(17-3-2-10-26-17)21-8-11-25-12-9-21/h2-7,10,16H,8-9,11-13H2,1H3,(H2,19,20,22). The molecule has 0 saturated carbocycles. The Hall–Kier alpha value is -2.36. The van der Waals surface area contributed by atoms with Crippen molar-refractivity contribution in [2.24, 2.45) is 0 Å². The summed E-state index contributed by atoms with van der Waals surface area (Å²) >= 11 is 0. The second kappa shape index (κ2) is 8.55. The Morgan fingerprint density at radius 1 is 1.19 bits per heavy atom. The number of carbonyl (C=O) groups is 1. The third-order valence-corrected chi connectivity index (χ3v) is 5.72.